The molecule has 0 fully saturated rings. The van der Waals surface area contributed by atoms with Gasteiger partial charge < -0.3 is 0 Å². The number of carbonyl (C=O) groups is 2. The van der Waals surface area contributed by atoms with Crippen molar-refractivity contribution in [2.75, 3.05) is 5.12 Å². The van der Waals surface area contributed by atoms with Gasteiger partial charge in [0.05, 0.1) is 5.69 Å². The van der Waals surface area contributed by atoms with Crippen molar-refractivity contribution in [3.8, 4) is 0 Å². The lowest BCUT2D eigenvalue weighted by Crippen LogP contribution is -2.19. The second kappa shape index (κ2) is 3.80. The Kier molecular flexibility index (Phi) is 2.74. The summed E-state index contributed by atoms with van der Waals surface area (Å²) in [6.07, 6.45) is 0.505. The fraction of sp³-hybridized carbons (Fsp3) is 0.111. The van der Waals surface area contributed by atoms with Crippen LogP contribution >= 0.6 is 0 Å². The third-order valence-corrected chi connectivity index (χ3v) is 1.55. The molecule has 1 rings (SSSR count). The van der Waals surface area contributed by atoms with E-state index in [2.05, 4.69) is 0 Å². The highest BCUT2D eigenvalue weighted by Crippen LogP contribution is 2.18. The lowest BCUT2D eigenvalue weighted by Gasteiger charge is -2.10. The number of halogens is 1. The molecule has 0 unspecified atom stereocenters. The van der Waals surface area contributed by atoms with Crippen LogP contribution in [0.25, 0.3) is 0 Å². The van der Waals surface area contributed by atoms with Crippen LogP contribution < -0.4 is 5.12 Å². The minimum absolute atomic E-state index is 0.0231. The molecule has 1 amide bonds. The number of amides is 1. The van der Waals surface area contributed by atoms with Crippen molar-refractivity contribution in [1.29, 1.82) is 0 Å². The Morgan fingerprint density at radius 2 is 2.08 bits per heavy atom. The molecule has 13 heavy (non-hydrogen) atoms. The number of hydrogen-bond acceptors (Lipinski definition) is 2. The number of anilines is 1. The van der Waals surface area contributed by atoms with E-state index in [-0.39, 0.29) is 16.4 Å². The molecular weight excluding hydrogens is 173 g/mol. The zero-order valence-electron chi connectivity index (χ0n) is 7.03. The third-order valence-electron chi connectivity index (χ3n) is 1.55. The Morgan fingerprint density at radius 3 is 2.62 bits per heavy atom. The van der Waals surface area contributed by atoms with Gasteiger partial charge in [0.2, 0.25) is 0 Å². The van der Waals surface area contributed by atoms with E-state index in [1.54, 1.807) is 12.1 Å². The Bertz CT molecular complexity index is 338. The zero-order valence-corrected chi connectivity index (χ0v) is 7.03. The van der Waals surface area contributed by atoms with E-state index in [9.17, 15) is 14.1 Å². The SMILES string of the molecule is CC(=O)N(F)c1ccccc1C=O. The van der Waals surface area contributed by atoms with Crippen molar-refractivity contribution in [2.24, 2.45) is 0 Å². The molecule has 0 bridgehead atoms. The summed E-state index contributed by atoms with van der Waals surface area (Å²) < 4.78 is 13.0. The Hall–Kier alpha value is -1.71. The molecule has 1 aromatic carbocycles. The van der Waals surface area contributed by atoms with Gasteiger partial charge in [-0.15, -0.1) is 5.12 Å². The third kappa shape index (κ3) is 1.90. The maximum Gasteiger partial charge on any atom is 0.251 e. The van der Waals surface area contributed by atoms with Crippen LogP contribution in [0, 0.1) is 0 Å². The summed E-state index contributed by atoms with van der Waals surface area (Å²) >= 11 is 0. The Balaban J connectivity index is 3.12. The highest BCUT2D eigenvalue weighted by atomic mass is 19.2. The molecule has 0 aliphatic carbocycles. The average molecular weight is 181 g/mol. The molecule has 0 heterocycles. The lowest BCUT2D eigenvalue weighted by molar-refractivity contribution is -0.119. The van der Waals surface area contributed by atoms with Gasteiger partial charge in [0.1, 0.15) is 0 Å². The van der Waals surface area contributed by atoms with Crippen molar-refractivity contribution >= 4 is 17.9 Å². The zero-order chi connectivity index (χ0) is 9.84. The first-order valence-corrected chi connectivity index (χ1v) is 3.67. The average Bonchev–Trinajstić information content (AvgIpc) is 2.16. The van der Waals surface area contributed by atoms with Crippen LogP contribution in [-0.4, -0.2) is 12.2 Å². The van der Waals surface area contributed by atoms with Crippen LogP contribution in [0.3, 0.4) is 0 Å². The summed E-state index contributed by atoms with van der Waals surface area (Å²) in [5, 5.41) is -0.0519. The summed E-state index contributed by atoms with van der Waals surface area (Å²) in [6.45, 7) is 1.08. The Morgan fingerprint density at radius 1 is 1.46 bits per heavy atom. The smallest absolute Gasteiger partial charge is 0.251 e. The second-order valence-corrected chi connectivity index (χ2v) is 2.48. The normalized spacial score (nSPS) is 9.38. The first-order valence-electron chi connectivity index (χ1n) is 3.67. The van der Waals surface area contributed by atoms with Crippen LogP contribution in [0.15, 0.2) is 24.3 Å². The van der Waals surface area contributed by atoms with Gasteiger partial charge in [0.25, 0.3) is 5.91 Å². The van der Waals surface area contributed by atoms with Crippen LogP contribution in [0.2, 0.25) is 0 Å². The van der Waals surface area contributed by atoms with Crippen molar-refractivity contribution in [3.05, 3.63) is 29.8 Å². The molecule has 3 nitrogen and oxygen atoms in total. The lowest BCUT2D eigenvalue weighted by atomic mass is 10.2. The highest BCUT2D eigenvalue weighted by Gasteiger charge is 2.13. The number of para-hydroxylation sites is 1. The molecule has 0 saturated carbocycles. The van der Waals surface area contributed by atoms with Gasteiger partial charge >= 0.3 is 0 Å². The summed E-state index contributed by atoms with van der Waals surface area (Å²) in [4.78, 5) is 21.1. The maximum absolute atomic E-state index is 13.0. The molecule has 68 valence electrons. The minimum Gasteiger partial charge on any atom is -0.298 e. The summed E-state index contributed by atoms with van der Waals surface area (Å²) in [6, 6.07) is 5.96. The number of carbonyl (C=O) groups excluding carboxylic acids is 2. The summed E-state index contributed by atoms with van der Waals surface area (Å²) in [5.41, 5.74) is 0.130. The highest BCUT2D eigenvalue weighted by molar-refractivity contribution is 5.95. The second-order valence-electron chi connectivity index (χ2n) is 2.48. The maximum atomic E-state index is 13.0. The molecule has 0 saturated heterocycles. The van der Waals surface area contributed by atoms with Gasteiger partial charge in [-0.2, -0.15) is 0 Å². The number of nitrogens with zero attached hydrogens (tertiary/aromatic N) is 1. The molecule has 1 aromatic rings. The van der Waals surface area contributed by atoms with Gasteiger partial charge in [-0.1, -0.05) is 16.6 Å². The number of aldehydes is 1. The van der Waals surface area contributed by atoms with Gasteiger partial charge in [-0.25, -0.2) is 0 Å². The van der Waals surface area contributed by atoms with Crippen LogP contribution in [0.1, 0.15) is 17.3 Å². The van der Waals surface area contributed by atoms with Gasteiger partial charge in [0.15, 0.2) is 6.29 Å². The van der Waals surface area contributed by atoms with E-state index in [1.807, 2.05) is 0 Å². The van der Waals surface area contributed by atoms with E-state index in [0.29, 0.717) is 6.29 Å². The first-order chi connectivity index (χ1) is 6.16. The van der Waals surface area contributed by atoms with Crippen LogP contribution in [-0.2, 0) is 4.79 Å². The van der Waals surface area contributed by atoms with Crippen LogP contribution in [0.4, 0.5) is 10.2 Å². The fourth-order valence-corrected chi connectivity index (χ4v) is 0.936. The largest absolute Gasteiger partial charge is 0.298 e. The number of rotatable bonds is 2. The topological polar surface area (TPSA) is 37.4 Å². The van der Waals surface area contributed by atoms with E-state index < -0.39 is 5.91 Å². The monoisotopic (exact) mass is 181 g/mol. The molecule has 0 N–H and O–H groups in total. The van der Waals surface area contributed by atoms with E-state index in [4.69, 9.17) is 0 Å². The molecule has 0 radical (unpaired) electrons. The van der Waals surface area contributed by atoms with Crippen molar-refractivity contribution in [1.82, 2.24) is 0 Å². The standard InChI is InChI=1S/C9H8FNO2/c1-7(13)11(10)9-5-3-2-4-8(9)6-12/h2-6H,1H3. The van der Waals surface area contributed by atoms with Crippen molar-refractivity contribution in [2.45, 2.75) is 6.92 Å². The number of hydrogen-bond donors (Lipinski definition) is 0. The van der Waals surface area contributed by atoms with Gasteiger partial charge in [0, 0.05) is 12.5 Å². The predicted molar refractivity (Wildman–Crippen MR) is 46.1 cm³/mol. The molecule has 0 aliphatic heterocycles. The minimum atomic E-state index is -0.755. The van der Waals surface area contributed by atoms with E-state index >= 15 is 0 Å². The van der Waals surface area contributed by atoms with Crippen molar-refractivity contribution in [3.63, 3.8) is 0 Å². The quantitative estimate of drug-likeness (QED) is 0.514. The van der Waals surface area contributed by atoms with E-state index in [0.717, 1.165) is 6.92 Å². The molecule has 0 aromatic heterocycles. The molecular formula is C9H8FNO2. The van der Waals surface area contributed by atoms with Gasteiger partial charge in [-0.3, -0.25) is 9.59 Å². The molecule has 4 heteroatoms. The fourth-order valence-electron chi connectivity index (χ4n) is 0.936. The summed E-state index contributed by atoms with van der Waals surface area (Å²) in [7, 11) is 0. The van der Waals surface area contributed by atoms with E-state index in [1.165, 1.54) is 12.1 Å². The molecule has 0 aliphatic rings. The Labute approximate surface area is 74.7 Å². The summed E-state index contributed by atoms with van der Waals surface area (Å²) in [5.74, 6) is -0.755. The first kappa shape index (κ1) is 9.38. The van der Waals surface area contributed by atoms with Crippen molar-refractivity contribution < 1.29 is 14.1 Å². The predicted octanol–water partition coefficient (Wildman–Crippen LogP) is 1.74. The molecule has 0 spiro atoms. The van der Waals surface area contributed by atoms with Crippen LogP contribution in [0.5, 0.6) is 0 Å². The van der Waals surface area contributed by atoms with Gasteiger partial charge in [-0.05, 0) is 12.1 Å². The molecule has 0 atom stereocenters. The number of benzene rings is 1.